The van der Waals surface area contributed by atoms with Crippen LogP contribution in [0.3, 0.4) is 0 Å². The summed E-state index contributed by atoms with van der Waals surface area (Å²) in [5.74, 6) is 1.13. The minimum absolute atomic E-state index is 0. The maximum Gasteiger partial charge on any atom is 0.188 e. The van der Waals surface area contributed by atoms with Gasteiger partial charge in [-0.2, -0.15) is 0 Å². The summed E-state index contributed by atoms with van der Waals surface area (Å²) in [5.41, 5.74) is 5.94. The Bertz CT molecular complexity index is 266. The molecule has 4 nitrogen and oxygen atoms in total. The van der Waals surface area contributed by atoms with Crippen molar-refractivity contribution in [2.45, 2.75) is 71.4 Å². The number of halogens is 1. The average molecular weight is 397 g/mol. The summed E-state index contributed by atoms with van der Waals surface area (Å²) < 4.78 is 5.70. The zero-order valence-electron chi connectivity index (χ0n) is 13.2. The van der Waals surface area contributed by atoms with Gasteiger partial charge in [0.2, 0.25) is 0 Å². The van der Waals surface area contributed by atoms with Gasteiger partial charge in [0, 0.05) is 19.2 Å². The van der Waals surface area contributed by atoms with E-state index in [1.54, 1.807) is 0 Å². The number of ether oxygens (including phenoxy) is 1. The van der Waals surface area contributed by atoms with Crippen LogP contribution in [0.15, 0.2) is 4.99 Å². The third-order valence-electron chi connectivity index (χ3n) is 3.78. The van der Waals surface area contributed by atoms with Crippen LogP contribution < -0.4 is 11.1 Å². The van der Waals surface area contributed by atoms with Crippen molar-refractivity contribution in [2.24, 2.45) is 16.6 Å². The average Bonchev–Trinajstić information content (AvgIpc) is 2.38. The van der Waals surface area contributed by atoms with Crippen molar-refractivity contribution < 1.29 is 4.74 Å². The first kappa shape index (κ1) is 20.0. The Balaban J connectivity index is 0.00000361. The predicted molar refractivity (Wildman–Crippen MR) is 96.8 cm³/mol. The fourth-order valence-corrected chi connectivity index (χ4v) is 2.64. The molecule has 0 heterocycles. The Morgan fingerprint density at radius 3 is 2.50 bits per heavy atom. The molecule has 1 rings (SSSR count). The van der Waals surface area contributed by atoms with Gasteiger partial charge in [0.05, 0.1) is 6.10 Å². The highest BCUT2D eigenvalue weighted by molar-refractivity contribution is 14.0. The van der Waals surface area contributed by atoms with Crippen LogP contribution in [0.5, 0.6) is 0 Å². The van der Waals surface area contributed by atoms with Crippen molar-refractivity contribution >= 4 is 29.9 Å². The van der Waals surface area contributed by atoms with Gasteiger partial charge in [0.15, 0.2) is 5.96 Å². The van der Waals surface area contributed by atoms with Gasteiger partial charge in [0.1, 0.15) is 0 Å². The molecule has 0 aromatic carbocycles. The molecule has 5 heteroatoms. The quantitative estimate of drug-likeness (QED) is 0.394. The van der Waals surface area contributed by atoms with E-state index in [0.717, 1.165) is 19.6 Å². The smallest absolute Gasteiger partial charge is 0.188 e. The Morgan fingerprint density at radius 1 is 1.30 bits per heavy atom. The number of hydrogen-bond donors (Lipinski definition) is 2. The summed E-state index contributed by atoms with van der Waals surface area (Å²) >= 11 is 0. The first-order valence-electron chi connectivity index (χ1n) is 7.81. The standard InChI is InChI=1S/C15H31N3O.HI/c1-4-19-14(12(2)3)10-11-17-15(16)18-13-8-6-5-7-9-13;/h12-14H,4-11H2,1-3H3,(H3,16,17,18);1H. The highest BCUT2D eigenvalue weighted by Gasteiger charge is 2.14. The molecule has 1 saturated carbocycles. The summed E-state index contributed by atoms with van der Waals surface area (Å²) in [5, 5.41) is 3.34. The van der Waals surface area contributed by atoms with Crippen molar-refractivity contribution in [3.8, 4) is 0 Å². The summed E-state index contributed by atoms with van der Waals surface area (Å²) in [7, 11) is 0. The van der Waals surface area contributed by atoms with Crippen molar-refractivity contribution in [3.05, 3.63) is 0 Å². The molecule has 1 fully saturated rings. The van der Waals surface area contributed by atoms with Crippen molar-refractivity contribution in [2.75, 3.05) is 13.2 Å². The third-order valence-corrected chi connectivity index (χ3v) is 3.78. The molecule has 0 aliphatic heterocycles. The summed E-state index contributed by atoms with van der Waals surface area (Å²) in [6.45, 7) is 7.93. The van der Waals surface area contributed by atoms with Crippen LogP contribution in [0.1, 0.15) is 59.3 Å². The van der Waals surface area contributed by atoms with Crippen LogP contribution in [0.2, 0.25) is 0 Å². The number of nitrogens with one attached hydrogen (secondary N) is 1. The van der Waals surface area contributed by atoms with E-state index in [0.29, 0.717) is 17.9 Å². The molecule has 0 aromatic heterocycles. The van der Waals surface area contributed by atoms with Crippen LogP contribution in [-0.4, -0.2) is 31.3 Å². The highest BCUT2D eigenvalue weighted by Crippen LogP contribution is 2.17. The van der Waals surface area contributed by atoms with Gasteiger partial charge in [0.25, 0.3) is 0 Å². The van der Waals surface area contributed by atoms with Gasteiger partial charge in [-0.25, -0.2) is 0 Å². The minimum atomic E-state index is 0. The number of guanidine groups is 1. The molecule has 0 aromatic rings. The predicted octanol–water partition coefficient (Wildman–Crippen LogP) is 3.29. The van der Waals surface area contributed by atoms with Crippen molar-refractivity contribution in [1.29, 1.82) is 0 Å². The maximum atomic E-state index is 5.94. The van der Waals surface area contributed by atoms with Crippen LogP contribution in [0.4, 0.5) is 0 Å². The van der Waals surface area contributed by atoms with Crippen LogP contribution in [0, 0.1) is 5.92 Å². The lowest BCUT2D eigenvalue weighted by atomic mass is 9.96. The Kier molecular flexibility index (Phi) is 11.6. The van der Waals surface area contributed by atoms with E-state index in [-0.39, 0.29) is 30.1 Å². The Hall–Kier alpha value is -0.0400. The molecule has 0 radical (unpaired) electrons. The largest absolute Gasteiger partial charge is 0.378 e. The normalized spacial score (nSPS) is 18.7. The highest BCUT2D eigenvalue weighted by atomic mass is 127. The fraction of sp³-hybridized carbons (Fsp3) is 0.933. The zero-order valence-corrected chi connectivity index (χ0v) is 15.6. The van der Waals surface area contributed by atoms with E-state index in [1.165, 1.54) is 32.1 Å². The lowest BCUT2D eigenvalue weighted by molar-refractivity contribution is 0.0266. The molecular weight excluding hydrogens is 365 g/mol. The second-order valence-electron chi connectivity index (χ2n) is 5.77. The minimum Gasteiger partial charge on any atom is -0.378 e. The number of rotatable bonds is 7. The van der Waals surface area contributed by atoms with Gasteiger partial charge in [-0.3, -0.25) is 4.99 Å². The lowest BCUT2D eigenvalue weighted by Gasteiger charge is -2.23. The molecular formula is C15H32IN3O. The second-order valence-corrected chi connectivity index (χ2v) is 5.77. The molecule has 1 aliphatic rings. The van der Waals surface area contributed by atoms with Gasteiger partial charge < -0.3 is 15.8 Å². The molecule has 0 saturated heterocycles. The molecule has 3 N–H and O–H groups in total. The van der Waals surface area contributed by atoms with E-state index < -0.39 is 0 Å². The lowest BCUT2D eigenvalue weighted by Crippen LogP contribution is -2.41. The Morgan fingerprint density at radius 2 is 1.95 bits per heavy atom. The third kappa shape index (κ3) is 8.29. The van der Waals surface area contributed by atoms with Gasteiger partial charge in [-0.1, -0.05) is 33.1 Å². The zero-order chi connectivity index (χ0) is 14.1. The summed E-state index contributed by atoms with van der Waals surface area (Å²) in [6.07, 6.45) is 7.66. The first-order valence-corrected chi connectivity index (χ1v) is 7.81. The maximum absolute atomic E-state index is 5.94. The van der Waals surface area contributed by atoms with E-state index in [4.69, 9.17) is 10.5 Å². The molecule has 20 heavy (non-hydrogen) atoms. The van der Waals surface area contributed by atoms with Crippen LogP contribution in [-0.2, 0) is 4.74 Å². The van der Waals surface area contributed by atoms with E-state index in [1.807, 2.05) is 6.92 Å². The van der Waals surface area contributed by atoms with Crippen molar-refractivity contribution in [1.82, 2.24) is 5.32 Å². The molecule has 1 aliphatic carbocycles. The SMILES string of the molecule is CCOC(CCN=C(N)NC1CCCCC1)C(C)C.I. The van der Waals surface area contributed by atoms with Crippen LogP contribution >= 0.6 is 24.0 Å². The van der Waals surface area contributed by atoms with E-state index in [2.05, 4.69) is 24.2 Å². The second kappa shape index (κ2) is 11.6. The topological polar surface area (TPSA) is 59.6 Å². The first-order chi connectivity index (χ1) is 9.13. The molecule has 0 amide bonds. The fourth-order valence-electron chi connectivity index (χ4n) is 2.64. The summed E-state index contributed by atoms with van der Waals surface area (Å²) in [4.78, 5) is 4.43. The van der Waals surface area contributed by atoms with E-state index >= 15 is 0 Å². The number of hydrogen-bond acceptors (Lipinski definition) is 2. The number of nitrogens with zero attached hydrogens (tertiary/aromatic N) is 1. The van der Waals surface area contributed by atoms with Gasteiger partial charge in [-0.05, 0) is 32.1 Å². The van der Waals surface area contributed by atoms with Gasteiger partial charge in [-0.15, -0.1) is 24.0 Å². The van der Waals surface area contributed by atoms with Crippen LogP contribution in [0.25, 0.3) is 0 Å². The van der Waals surface area contributed by atoms with Gasteiger partial charge >= 0.3 is 0 Å². The number of nitrogens with two attached hydrogens (primary N) is 1. The summed E-state index contributed by atoms with van der Waals surface area (Å²) in [6, 6.07) is 0.533. The monoisotopic (exact) mass is 397 g/mol. The molecule has 120 valence electrons. The number of aliphatic imine (C=N–C) groups is 1. The van der Waals surface area contributed by atoms with Crippen molar-refractivity contribution in [3.63, 3.8) is 0 Å². The molecule has 1 atom stereocenters. The molecule has 0 spiro atoms. The van der Waals surface area contributed by atoms with E-state index in [9.17, 15) is 0 Å². The molecule has 0 bridgehead atoms. The Labute approximate surface area is 141 Å². The molecule has 1 unspecified atom stereocenters.